The molecule has 3 aromatic rings. The van der Waals surface area contributed by atoms with Gasteiger partial charge in [-0.1, -0.05) is 6.07 Å². The molecular formula is C14H13N3O2. The van der Waals surface area contributed by atoms with Crippen LogP contribution in [0.1, 0.15) is 11.1 Å². The summed E-state index contributed by atoms with van der Waals surface area (Å²) in [4.78, 5) is 0. The molecule has 3 rings (SSSR count). The molecular weight excluding hydrogens is 242 g/mol. The molecule has 5 heteroatoms. The molecule has 0 radical (unpaired) electrons. The molecule has 1 heterocycles. The average Bonchev–Trinajstić information content (AvgIpc) is 2.81. The maximum absolute atomic E-state index is 5.85. The normalized spacial score (nSPS) is 10.8. The van der Waals surface area contributed by atoms with Crippen molar-refractivity contribution in [3.05, 3.63) is 41.5 Å². The Morgan fingerprint density at radius 1 is 1.00 bits per heavy atom. The van der Waals surface area contributed by atoms with E-state index in [2.05, 4.69) is 16.4 Å². The summed E-state index contributed by atoms with van der Waals surface area (Å²) in [6, 6.07) is 9.50. The van der Waals surface area contributed by atoms with Gasteiger partial charge in [0.2, 0.25) is 0 Å². The maximum atomic E-state index is 5.85. The number of ether oxygens (including phenoxy) is 1. The lowest BCUT2D eigenvalue weighted by molar-refractivity contribution is 0.314. The molecule has 0 aliphatic heterocycles. The molecule has 96 valence electrons. The van der Waals surface area contributed by atoms with Gasteiger partial charge in [-0.3, -0.25) is 0 Å². The number of nitrogens with zero attached hydrogens (tertiary/aromatic N) is 2. The van der Waals surface area contributed by atoms with Crippen LogP contribution in [-0.4, -0.2) is 10.3 Å². The summed E-state index contributed by atoms with van der Waals surface area (Å²) >= 11 is 0. The van der Waals surface area contributed by atoms with Gasteiger partial charge in [-0.15, -0.1) is 0 Å². The lowest BCUT2D eigenvalue weighted by Crippen LogP contribution is -1.91. The van der Waals surface area contributed by atoms with Crippen molar-refractivity contribution in [2.45, 2.75) is 13.8 Å². The van der Waals surface area contributed by atoms with Gasteiger partial charge in [-0.05, 0) is 59.6 Å². The van der Waals surface area contributed by atoms with Crippen LogP contribution in [0.4, 0.5) is 5.69 Å². The summed E-state index contributed by atoms with van der Waals surface area (Å²) < 4.78 is 10.6. The Balaban J connectivity index is 2.06. The van der Waals surface area contributed by atoms with E-state index in [9.17, 15) is 0 Å². The first kappa shape index (κ1) is 11.5. The average molecular weight is 255 g/mol. The summed E-state index contributed by atoms with van der Waals surface area (Å²) in [5, 5.41) is 7.59. The first-order valence-electron chi connectivity index (χ1n) is 5.90. The molecule has 1 aromatic heterocycles. The molecule has 0 atom stereocenters. The zero-order chi connectivity index (χ0) is 13.4. The van der Waals surface area contributed by atoms with Gasteiger partial charge >= 0.3 is 0 Å². The van der Waals surface area contributed by atoms with Crippen LogP contribution in [0.2, 0.25) is 0 Å². The van der Waals surface area contributed by atoms with Crippen molar-refractivity contribution in [1.29, 1.82) is 0 Å². The van der Waals surface area contributed by atoms with Gasteiger partial charge in [0, 0.05) is 0 Å². The first-order valence-corrected chi connectivity index (χ1v) is 5.90. The number of aryl methyl sites for hydroxylation is 2. The van der Waals surface area contributed by atoms with Crippen molar-refractivity contribution < 1.29 is 9.37 Å². The number of hydrogen-bond donors (Lipinski definition) is 1. The fourth-order valence-electron chi connectivity index (χ4n) is 2.06. The van der Waals surface area contributed by atoms with E-state index in [-0.39, 0.29) is 0 Å². The van der Waals surface area contributed by atoms with Gasteiger partial charge in [-0.25, -0.2) is 4.63 Å². The monoisotopic (exact) mass is 255 g/mol. The lowest BCUT2D eigenvalue weighted by atomic mass is 10.1. The molecule has 0 bridgehead atoms. The van der Waals surface area contributed by atoms with Gasteiger partial charge < -0.3 is 10.5 Å². The standard InChI is InChI=1S/C14H13N3O2/c1-8-5-9(2)7-10(6-8)18-12-4-3-11(15)13-14(12)17-19-16-13/h3-7H,15H2,1-2H3. The van der Waals surface area contributed by atoms with Crippen molar-refractivity contribution in [3.63, 3.8) is 0 Å². The summed E-state index contributed by atoms with van der Waals surface area (Å²) in [5.41, 5.74) is 9.63. The van der Waals surface area contributed by atoms with Crippen LogP contribution in [-0.2, 0) is 0 Å². The van der Waals surface area contributed by atoms with Crippen LogP contribution in [0.25, 0.3) is 11.0 Å². The van der Waals surface area contributed by atoms with Gasteiger partial charge in [0.05, 0.1) is 5.69 Å². The predicted molar refractivity (Wildman–Crippen MR) is 72.2 cm³/mol. The lowest BCUT2D eigenvalue weighted by Gasteiger charge is -2.08. The van der Waals surface area contributed by atoms with E-state index in [4.69, 9.17) is 15.1 Å². The number of anilines is 1. The van der Waals surface area contributed by atoms with Crippen LogP contribution >= 0.6 is 0 Å². The molecule has 0 aliphatic rings. The van der Waals surface area contributed by atoms with Crippen LogP contribution in [0.5, 0.6) is 11.5 Å². The third-order valence-corrected chi connectivity index (χ3v) is 2.83. The Morgan fingerprint density at radius 3 is 2.42 bits per heavy atom. The molecule has 19 heavy (non-hydrogen) atoms. The number of nitrogens with two attached hydrogens (primary N) is 1. The third-order valence-electron chi connectivity index (χ3n) is 2.83. The highest BCUT2D eigenvalue weighted by atomic mass is 16.6. The van der Waals surface area contributed by atoms with E-state index in [1.165, 1.54) is 0 Å². The fourth-order valence-corrected chi connectivity index (χ4v) is 2.06. The quantitative estimate of drug-likeness (QED) is 0.712. The number of aromatic nitrogens is 2. The van der Waals surface area contributed by atoms with Crippen molar-refractivity contribution in [2.75, 3.05) is 5.73 Å². The largest absolute Gasteiger partial charge is 0.455 e. The maximum Gasteiger partial charge on any atom is 0.179 e. The van der Waals surface area contributed by atoms with Crippen LogP contribution in [0.3, 0.4) is 0 Å². The molecule has 0 fully saturated rings. The van der Waals surface area contributed by atoms with Crippen molar-refractivity contribution in [2.24, 2.45) is 0 Å². The van der Waals surface area contributed by atoms with Crippen molar-refractivity contribution in [3.8, 4) is 11.5 Å². The van der Waals surface area contributed by atoms with Gasteiger partial charge in [0.25, 0.3) is 0 Å². The third kappa shape index (κ3) is 2.10. The zero-order valence-corrected chi connectivity index (χ0v) is 10.7. The number of rotatable bonds is 2. The fraction of sp³-hybridized carbons (Fsp3) is 0.143. The second-order valence-electron chi connectivity index (χ2n) is 4.54. The highest BCUT2D eigenvalue weighted by Crippen LogP contribution is 2.31. The Labute approximate surface area is 109 Å². The van der Waals surface area contributed by atoms with Crippen molar-refractivity contribution in [1.82, 2.24) is 10.3 Å². The Morgan fingerprint density at radius 2 is 1.68 bits per heavy atom. The van der Waals surface area contributed by atoms with E-state index >= 15 is 0 Å². The van der Waals surface area contributed by atoms with Crippen molar-refractivity contribution >= 4 is 16.7 Å². The first-order chi connectivity index (χ1) is 9.13. The minimum atomic E-state index is 0.516. The summed E-state index contributed by atoms with van der Waals surface area (Å²) in [7, 11) is 0. The van der Waals surface area contributed by atoms with Gasteiger partial charge in [0.1, 0.15) is 5.75 Å². The summed E-state index contributed by atoms with van der Waals surface area (Å²) in [6.07, 6.45) is 0. The smallest absolute Gasteiger partial charge is 0.179 e. The molecule has 0 saturated carbocycles. The van der Waals surface area contributed by atoms with E-state index in [0.717, 1.165) is 16.9 Å². The number of nitrogen functional groups attached to an aromatic ring is 1. The van der Waals surface area contributed by atoms with E-state index in [1.54, 1.807) is 12.1 Å². The Kier molecular flexibility index (Phi) is 2.59. The number of fused-ring (bicyclic) bond motifs is 1. The second kappa shape index (κ2) is 4.28. The SMILES string of the molecule is Cc1cc(C)cc(Oc2ccc(N)c3nonc23)c1. The van der Waals surface area contributed by atoms with Crippen LogP contribution in [0.15, 0.2) is 35.0 Å². The highest BCUT2D eigenvalue weighted by Gasteiger charge is 2.12. The Bertz CT molecular complexity index is 729. The van der Waals surface area contributed by atoms with Gasteiger partial charge in [-0.2, -0.15) is 0 Å². The minimum Gasteiger partial charge on any atom is -0.455 e. The molecule has 2 N–H and O–H groups in total. The number of benzene rings is 2. The summed E-state index contributed by atoms with van der Waals surface area (Å²) in [6.45, 7) is 4.05. The van der Waals surface area contributed by atoms with Crippen LogP contribution in [0, 0.1) is 13.8 Å². The topological polar surface area (TPSA) is 74.2 Å². The zero-order valence-electron chi connectivity index (χ0n) is 10.7. The summed E-state index contributed by atoms with van der Waals surface area (Å²) in [5.74, 6) is 1.34. The van der Waals surface area contributed by atoms with E-state index in [1.807, 2.05) is 26.0 Å². The van der Waals surface area contributed by atoms with E-state index in [0.29, 0.717) is 22.5 Å². The highest BCUT2D eigenvalue weighted by molar-refractivity contribution is 5.90. The second-order valence-corrected chi connectivity index (χ2v) is 4.54. The minimum absolute atomic E-state index is 0.516. The van der Waals surface area contributed by atoms with E-state index < -0.39 is 0 Å². The van der Waals surface area contributed by atoms with Gasteiger partial charge in [0.15, 0.2) is 16.8 Å². The molecule has 0 amide bonds. The molecule has 5 nitrogen and oxygen atoms in total. The molecule has 2 aromatic carbocycles. The van der Waals surface area contributed by atoms with Crippen LogP contribution < -0.4 is 10.5 Å². The molecule has 0 aliphatic carbocycles. The number of hydrogen-bond acceptors (Lipinski definition) is 5. The Hall–Kier alpha value is -2.56. The predicted octanol–water partition coefficient (Wildman–Crippen LogP) is 3.21. The molecule has 0 saturated heterocycles. The molecule has 0 unspecified atom stereocenters. The molecule has 0 spiro atoms.